The highest BCUT2D eigenvalue weighted by Crippen LogP contribution is 2.25. The number of aliphatic hydroxyl groups is 1. The van der Waals surface area contributed by atoms with Crippen molar-refractivity contribution in [1.29, 1.82) is 0 Å². The Morgan fingerprint density at radius 3 is 2.48 bits per heavy atom. The Kier molecular flexibility index (Phi) is 7.52. The molecule has 0 aromatic heterocycles. The van der Waals surface area contributed by atoms with Crippen LogP contribution in [-0.2, 0) is 20.7 Å². The second-order valence-electron chi connectivity index (χ2n) is 8.75. The van der Waals surface area contributed by atoms with Crippen molar-refractivity contribution in [3.63, 3.8) is 0 Å². The number of esters is 1. The van der Waals surface area contributed by atoms with Crippen LogP contribution < -0.4 is 4.74 Å². The zero-order valence-corrected chi connectivity index (χ0v) is 18.2. The minimum Gasteiger partial charge on any atom is -0.491 e. The molecule has 1 amide bonds. The van der Waals surface area contributed by atoms with E-state index in [1.807, 2.05) is 52.8 Å². The van der Waals surface area contributed by atoms with Crippen LogP contribution in [-0.4, -0.2) is 60.6 Å². The molecule has 1 fully saturated rings. The summed E-state index contributed by atoms with van der Waals surface area (Å²) in [5, 5.41) is 10.4. The number of hydrogen-bond donors (Lipinski definition) is 1. The molecule has 2 atom stereocenters. The molecule has 1 heterocycles. The van der Waals surface area contributed by atoms with Gasteiger partial charge in [0.15, 0.2) is 0 Å². The Bertz CT molecular complexity index is 721. The molecule has 0 radical (unpaired) electrons. The molecular weight excluding hydrogens is 374 g/mol. The van der Waals surface area contributed by atoms with Crippen molar-refractivity contribution in [3.05, 3.63) is 29.3 Å². The lowest BCUT2D eigenvalue weighted by molar-refractivity contribution is -0.144. The summed E-state index contributed by atoms with van der Waals surface area (Å²) in [6.45, 7) is 10.3. The van der Waals surface area contributed by atoms with Gasteiger partial charge in [-0.25, -0.2) is 4.79 Å². The number of carbonyl (C=O) groups is 2. The van der Waals surface area contributed by atoms with Crippen molar-refractivity contribution in [1.82, 2.24) is 4.90 Å². The van der Waals surface area contributed by atoms with E-state index in [9.17, 15) is 14.7 Å². The van der Waals surface area contributed by atoms with Gasteiger partial charge in [0, 0.05) is 19.0 Å². The smallest absolute Gasteiger partial charge is 0.410 e. The predicted octanol–water partition coefficient (Wildman–Crippen LogP) is 2.95. The highest BCUT2D eigenvalue weighted by Gasteiger charge is 2.37. The van der Waals surface area contributed by atoms with E-state index in [1.54, 1.807) is 4.90 Å². The van der Waals surface area contributed by atoms with Crippen molar-refractivity contribution in [2.24, 2.45) is 11.8 Å². The standard InChI is InChI=1S/C22H33NO6/c1-14-9-16(10-15(2)20(25)27-6)7-8-19(14)28-13-18(24)17-11-23(12-17)21(26)29-22(3,4)5/h7-9,15,17-18,24H,10-13H2,1-6H3. The molecule has 1 aromatic carbocycles. The second-order valence-corrected chi connectivity index (χ2v) is 8.75. The van der Waals surface area contributed by atoms with Crippen LogP contribution >= 0.6 is 0 Å². The summed E-state index contributed by atoms with van der Waals surface area (Å²) in [4.78, 5) is 25.1. The molecule has 1 N–H and O–H groups in total. The zero-order chi connectivity index (χ0) is 21.8. The van der Waals surface area contributed by atoms with Gasteiger partial charge in [-0.2, -0.15) is 0 Å². The average molecular weight is 408 g/mol. The van der Waals surface area contributed by atoms with E-state index in [-0.39, 0.29) is 30.5 Å². The molecule has 1 saturated heterocycles. The Morgan fingerprint density at radius 2 is 1.93 bits per heavy atom. The lowest BCUT2D eigenvalue weighted by Crippen LogP contribution is -2.56. The summed E-state index contributed by atoms with van der Waals surface area (Å²) in [5.74, 6) is 0.233. The first-order valence-corrected chi connectivity index (χ1v) is 9.96. The maximum atomic E-state index is 12.0. The number of nitrogens with zero attached hydrogens (tertiary/aromatic N) is 1. The van der Waals surface area contributed by atoms with E-state index >= 15 is 0 Å². The van der Waals surface area contributed by atoms with Crippen molar-refractivity contribution in [2.45, 2.75) is 52.7 Å². The third-order valence-corrected chi connectivity index (χ3v) is 4.90. The Labute approximate surface area is 172 Å². The quantitative estimate of drug-likeness (QED) is 0.700. The Balaban J connectivity index is 1.80. The number of likely N-dealkylation sites (tertiary alicyclic amines) is 1. The van der Waals surface area contributed by atoms with Crippen molar-refractivity contribution in [3.8, 4) is 5.75 Å². The highest BCUT2D eigenvalue weighted by molar-refractivity contribution is 5.72. The van der Waals surface area contributed by atoms with Crippen LogP contribution in [0.15, 0.2) is 18.2 Å². The maximum absolute atomic E-state index is 12.0. The zero-order valence-electron chi connectivity index (χ0n) is 18.2. The van der Waals surface area contributed by atoms with Gasteiger partial charge in [-0.05, 0) is 51.3 Å². The molecule has 29 heavy (non-hydrogen) atoms. The highest BCUT2D eigenvalue weighted by atomic mass is 16.6. The fourth-order valence-corrected chi connectivity index (χ4v) is 3.18. The first-order valence-electron chi connectivity index (χ1n) is 9.96. The number of aryl methyl sites for hydroxylation is 1. The first kappa shape index (κ1) is 23.0. The molecule has 1 aromatic rings. The van der Waals surface area contributed by atoms with Crippen LogP contribution in [0.1, 0.15) is 38.8 Å². The SMILES string of the molecule is COC(=O)C(C)Cc1ccc(OCC(O)C2CN(C(=O)OC(C)(C)C)C2)c(C)c1. The normalized spacial score (nSPS) is 16.6. The molecule has 0 aliphatic carbocycles. The summed E-state index contributed by atoms with van der Waals surface area (Å²) in [6, 6.07) is 5.76. The van der Waals surface area contributed by atoms with Crippen LogP contribution in [0, 0.1) is 18.8 Å². The van der Waals surface area contributed by atoms with E-state index in [0.29, 0.717) is 25.3 Å². The average Bonchev–Trinajstić information content (AvgIpc) is 2.57. The monoisotopic (exact) mass is 407 g/mol. The molecule has 0 spiro atoms. The van der Waals surface area contributed by atoms with E-state index in [4.69, 9.17) is 14.2 Å². The summed E-state index contributed by atoms with van der Waals surface area (Å²) < 4.78 is 15.9. The van der Waals surface area contributed by atoms with Gasteiger partial charge in [0.25, 0.3) is 0 Å². The predicted molar refractivity (Wildman–Crippen MR) is 109 cm³/mol. The van der Waals surface area contributed by atoms with Gasteiger partial charge in [0.1, 0.15) is 18.0 Å². The number of rotatable bonds is 7. The lowest BCUT2D eigenvalue weighted by atomic mass is 9.94. The number of carbonyl (C=O) groups excluding carboxylic acids is 2. The molecule has 7 heteroatoms. The molecule has 0 saturated carbocycles. The molecule has 0 bridgehead atoms. The minimum atomic E-state index is -0.660. The topological polar surface area (TPSA) is 85.3 Å². The van der Waals surface area contributed by atoms with Crippen molar-refractivity contribution >= 4 is 12.1 Å². The molecule has 7 nitrogen and oxygen atoms in total. The third kappa shape index (κ3) is 6.63. The van der Waals surface area contributed by atoms with Crippen LogP contribution in [0.2, 0.25) is 0 Å². The lowest BCUT2D eigenvalue weighted by Gasteiger charge is -2.41. The summed E-state index contributed by atoms with van der Waals surface area (Å²) >= 11 is 0. The van der Waals surface area contributed by atoms with Gasteiger partial charge in [-0.1, -0.05) is 19.1 Å². The van der Waals surface area contributed by atoms with Crippen LogP contribution in [0.25, 0.3) is 0 Å². The van der Waals surface area contributed by atoms with Crippen molar-refractivity contribution < 1.29 is 28.9 Å². The van der Waals surface area contributed by atoms with Gasteiger partial charge >= 0.3 is 12.1 Å². The number of methoxy groups -OCH3 is 1. The van der Waals surface area contributed by atoms with Crippen LogP contribution in [0.4, 0.5) is 4.79 Å². The van der Waals surface area contributed by atoms with Gasteiger partial charge in [-0.15, -0.1) is 0 Å². The number of ether oxygens (including phenoxy) is 3. The summed E-state index contributed by atoms with van der Waals surface area (Å²) in [5.41, 5.74) is 1.44. The molecule has 1 aliphatic heterocycles. The molecule has 162 valence electrons. The van der Waals surface area contributed by atoms with E-state index in [1.165, 1.54) is 7.11 Å². The number of amides is 1. The largest absolute Gasteiger partial charge is 0.491 e. The fraction of sp³-hybridized carbons (Fsp3) is 0.636. The van der Waals surface area contributed by atoms with E-state index in [2.05, 4.69) is 0 Å². The fourth-order valence-electron chi connectivity index (χ4n) is 3.18. The summed E-state index contributed by atoms with van der Waals surface area (Å²) in [7, 11) is 1.39. The molecular formula is C22H33NO6. The number of aliphatic hydroxyl groups excluding tert-OH is 1. The van der Waals surface area contributed by atoms with Crippen molar-refractivity contribution in [2.75, 3.05) is 26.8 Å². The molecule has 2 rings (SSSR count). The Morgan fingerprint density at radius 1 is 1.28 bits per heavy atom. The van der Waals surface area contributed by atoms with Gasteiger partial charge in [-0.3, -0.25) is 4.79 Å². The van der Waals surface area contributed by atoms with Crippen LogP contribution in [0.5, 0.6) is 5.75 Å². The van der Waals surface area contributed by atoms with Gasteiger partial charge < -0.3 is 24.2 Å². The van der Waals surface area contributed by atoms with Gasteiger partial charge in [0.05, 0.1) is 19.1 Å². The third-order valence-electron chi connectivity index (χ3n) is 4.90. The first-order chi connectivity index (χ1) is 13.5. The summed E-state index contributed by atoms with van der Waals surface area (Å²) in [6.07, 6.45) is -0.416. The second kappa shape index (κ2) is 9.48. The maximum Gasteiger partial charge on any atom is 0.410 e. The van der Waals surface area contributed by atoms with Crippen LogP contribution in [0.3, 0.4) is 0 Å². The number of hydrogen-bond acceptors (Lipinski definition) is 6. The minimum absolute atomic E-state index is 0.0250. The van der Waals surface area contributed by atoms with Gasteiger partial charge in [0.2, 0.25) is 0 Å². The van der Waals surface area contributed by atoms with E-state index in [0.717, 1.165) is 11.1 Å². The number of benzene rings is 1. The molecule has 1 aliphatic rings. The molecule has 2 unspecified atom stereocenters. The Hall–Kier alpha value is -2.28. The van der Waals surface area contributed by atoms with E-state index < -0.39 is 11.7 Å².